The first-order valence-electron chi connectivity index (χ1n) is 12.1. The number of aliphatic hydroxyl groups excluding tert-OH is 1. The Morgan fingerprint density at radius 3 is 2.50 bits per heavy atom. The molecule has 2 unspecified atom stereocenters. The molecular weight excluding hydrogens is 604 g/mol. The van der Waals surface area contributed by atoms with Crippen molar-refractivity contribution in [3.63, 3.8) is 0 Å². The fourth-order valence-electron chi connectivity index (χ4n) is 4.30. The number of hydrogen-bond acceptors (Lipinski definition) is 5. The lowest BCUT2D eigenvalue weighted by molar-refractivity contribution is -0.134. The summed E-state index contributed by atoms with van der Waals surface area (Å²) in [6, 6.07) is 17.1. The molecule has 0 aliphatic carbocycles. The molecule has 1 aliphatic rings. The zero-order valence-electron chi connectivity index (χ0n) is 20.6. The number of urea groups is 1. The van der Waals surface area contributed by atoms with Crippen LogP contribution in [0.3, 0.4) is 0 Å². The topological polar surface area (TPSA) is 108 Å². The first-order valence-corrected chi connectivity index (χ1v) is 13.2. The Morgan fingerprint density at radius 2 is 1.84 bits per heavy atom. The SMILES string of the molecule is CC(c1ccccc1)C(C(=O)Nc1ccc(I)cc1F)N1C(=O)N[C@H](c2ccc(OCCCO)cc2)C1=O. The third-order valence-electron chi connectivity index (χ3n) is 6.29. The van der Waals surface area contributed by atoms with Crippen molar-refractivity contribution in [1.29, 1.82) is 0 Å². The molecule has 3 N–H and O–H groups in total. The van der Waals surface area contributed by atoms with Gasteiger partial charge in [0, 0.05) is 22.5 Å². The molecule has 1 heterocycles. The van der Waals surface area contributed by atoms with E-state index >= 15 is 0 Å². The molecule has 1 fully saturated rings. The average Bonchev–Trinajstić information content (AvgIpc) is 3.20. The summed E-state index contributed by atoms with van der Waals surface area (Å²) < 4.78 is 20.7. The number of aliphatic hydroxyl groups is 1. The van der Waals surface area contributed by atoms with Crippen molar-refractivity contribution in [3.8, 4) is 5.75 Å². The number of halogens is 2. The summed E-state index contributed by atoms with van der Waals surface area (Å²) >= 11 is 1.97. The lowest BCUT2D eigenvalue weighted by Crippen LogP contribution is -2.50. The summed E-state index contributed by atoms with van der Waals surface area (Å²) in [5, 5.41) is 14.1. The van der Waals surface area contributed by atoms with Crippen LogP contribution in [-0.4, -0.2) is 47.1 Å². The summed E-state index contributed by atoms with van der Waals surface area (Å²) in [5.41, 5.74) is 1.22. The second kappa shape index (κ2) is 12.4. The van der Waals surface area contributed by atoms with Crippen LogP contribution in [-0.2, 0) is 9.59 Å². The summed E-state index contributed by atoms with van der Waals surface area (Å²) in [6.45, 7) is 2.11. The molecule has 4 rings (SSSR count). The largest absolute Gasteiger partial charge is 0.494 e. The van der Waals surface area contributed by atoms with Crippen LogP contribution < -0.4 is 15.4 Å². The molecule has 4 amide bonds. The standard InChI is InChI=1S/C28H27FIN3O5/c1-17(18-6-3-2-4-7-18)25(26(35)31-23-13-10-20(30)16-22(23)29)33-27(36)24(32-28(33)37)19-8-11-21(12-9-19)38-15-5-14-34/h2-4,6-13,16-17,24-25,34H,5,14-15H2,1H3,(H,31,35)(H,32,37)/t17?,24-,25?/m1/s1. The van der Waals surface area contributed by atoms with Gasteiger partial charge in [-0.15, -0.1) is 0 Å². The number of nitrogens with zero attached hydrogens (tertiary/aromatic N) is 1. The van der Waals surface area contributed by atoms with E-state index in [1.807, 2.05) is 40.8 Å². The number of amides is 4. The quantitative estimate of drug-likeness (QED) is 0.172. The normalized spacial score (nSPS) is 16.6. The molecule has 0 spiro atoms. The first kappa shape index (κ1) is 27.5. The Labute approximate surface area is 233 Å². The number of ether oxygens (including phenoxy) is 1. The van der Waals surface area contributed by atoms with Crippen LogP contribution in [0, 0.1) is 9.39 Å². The van der Waals surface area contributed by atoms with Gasteiger partial charge in [0.05, 0.1) is 12.3 Å². The van der Waals surface area contributed by atoms with Crippen LogP contribution in [0.4, 0.5) is 14.9 Å². The second-order valence-corrected chi connectivity index (χ2v) is 10.1. The molecule has 3 aromatic rings. The third kappa shape index (κ3) is 6.13. The molecule has 3 atom stereocenters. The Morgan fingerprint density at radius 1 is 1.13 bits per heavy atom. The summed E-state index contributed by atoms with van der Waals surface area (Å²) in [6.07, 6.45) is 0.489. The molecule has 0 saturated carbocycles. The number of anilines is 1. The van der Waals surface area contributed by atoms with Gasteiger partial charge in [0.1, 0.15) is 23.7 Å². The van der Waals surface area contributed by atoms with Crippen molar-refractivity contribution >= 4 is 46.1 Å². The maximum absolute atomic E-state index is 14.5. The van der Waals surface area contributed by atoms with Gasteiger partial charge in [0.2, 0.25) is 5.91 Å². The molecule has 198 valence electrons. The van der Waals surface area contributed by atoms with Crippen LogP contribution in [0.15, 0.2) is 72.8 Å². The van der Waals surface area contributed by atoms with Gasteiger partial charge in [-0.3, -0.25) is 9.59 Å². The summed E-state index contributed by atoms with van der Waals surface area (Å²) in [5.74, 6) is -1.91. The monoisotopic (exact) mass is 631 g/mol. The van der Waals surface area contributed by atoms with E-state index in [0.717, 1.165) is 10.5 Å². The molecule has 10 heteroatoms. The Hall–Kier alpha value is -3.51. The van der Waals surface area contributed by atoms with Crippen molar-refractivity contribution in [2.75, 3.05) is 18.5 Å². The van der Waals surface area contributed by atoms with Crippen LogP contribution >= 0.6 is 22.6 Å². The fourth-order valence-corrected chi connectivity index (χ4v) is 4.75. The van der Waals surface area contributed by atoms with Crippen LogP contribution in [0.25, 0.3) is 0 Å². The lowest BCUT2D eigenvalue weighted by atomic mass is 9.91. The van der Waals surface area contributed by atoms with Crippen molar-refractivity contribution in [2.45, 2.75) is 31.3 Å². The maximum Gasteiger partial charge on any atom is 0.325 e. The van der Waals surface area contributed by atoms with Gasteiger partial charge in [0.15, 0.2) is 0 Å². The molecule has 0 bridgehead atoms. The van der Waals surface area contributed by atoms with Gasteiger partial charge in [-0.2, -0.15) is 0 Å². The number of rotatable bonds is 10. The number of carbonyl (C=O) groups excluding carboxylic acids is 3. The van der Waals surface area contributed by atoms with Crippen molar-refractivity contribution in [1.82, 2.24) is 10.2 Å². The molecule has 1 saturated heterocycles. The van der Waals surface area contributed by atoms with E-state index in [-0.39, 0.29) is 12.3 Å². The Balaban J connectivity index is 1.62. The minimum Gasteiger partial charge on any atom is -0.494 e. The maximum atomic E-state index is 14.5. The predicted molar refractivity (Wildman–Crippen MR) is 148 cm³/mol. The predicted octanol–water partition coefficient (Wildman–Crippen LogP) is 4.60. The lowest BCUT2D eigenvalue weighted by Gasteiger charge is -2.30. The molecule has 0 radical (unpaired) electrons. The molecule has 3 aromatic carbocycles. The van der Waals surface area contributed by atoms with E-state index in [4.69, 9.17) is 9.84 Å². The van der Waals surface area contributed by atoms with Gasteiger partial charge in [-0.25, -0.2) is 14.1 Å². The smallest absolute Gasteiger partial charge is 0.325 e. The molecule has 8 nitrogen and oxygen atoms in total. The highest BCUT2D eigenvalue weighted by Crippen LogP contribution is 2.32. The number of benzene rings is 3. The van der Waals surface area contributed by atoms with Gasteiger partial charge in [0.25, 0.3) is 5.91 Å². The molecule has 0 aromatic heterocycles. The number of nitrogens with one attached hydrogen (secondary N) is 2. The van der Waals surface area contributed by atoms with Crippen molar-refractivity contribution in [3.05, 3.63) is 93.3 Å². The number of hydrogen-bond donors (Lipinski definition) is 3. The highest BCUT2D eigenvalue weighted by molar-refractivity contribution is 14.1. The molecular formula is C28H27FIN3O5. The minimum atomic E-state index is -1.24. The van der Waals surface area contributed by atoms with Gasteiger partial charge >= 0.3 is 6.03 Å². The van der Waals surface area contributed by atoms with Gasteiger partial charge < -0.3 is 20.5 Å². The number of carbonyl (C=O) groups is 3. The Bertz CT molecular complexity index is 1310. The highest BCUT2D eigenvalue weighted by atomic mass is 127. The van der Waals surface area contributed by atoms with Crippen LogP contribution in [0.1, 0.15) is 36.4 Å². The highest BCUT2D eigenvalue weighted by Gasteiger charge is 2.47. The van der Waals surface area contributed by atoms with Gasteiger partial charge in [-0.05, 0) is 64.0 Å². The van der Waals surface area contributed by atoms with E-state index in [1.54, 1.807) is 49.4 Å². The summed E-state index contributed by atoms with van der Waals surface area (Å²) in [4.78, 5) is 41.2. The molecule has 38 heavy (non-hydrogen) atoms. The van der Waals surface area contributed by atoms with Gasteiger partial charge in [-0.1, -0.05) is 49.4 Å². The van der Waals surface area contributed by atoms with Crippen LogP contribution in [0.2, 0.25) is 0 Å². The van der Waals surface area contributed by atoms with E-state index in [9.17, 15) is 18.8 Å². The van der Waals surface area contributed by atoms with E-state index in [2.05, 4.69) is 10.6 Å². The van der Waals surface area contributed by atoms with E-state index in [1.165, 1.54) is 12.1 Å². The molecule has 1 aliphatic heterocycles. The van der Waals surface area contributed by atoms with E-state index < -0.39 is 41.7 Å². The fraction of sp³-hybridized carbons (Fsp3) is 0.250. The minimum absolute atomic E-state index is 0.0168. The first-order chi connectivity index (χ1) is 18.3. The number of imide groups is 1. The third-order valence-corrected chi connectivity index (χ3v) is 6.96. The zero-order valence-corrected chi connectivity index (χ0v) is 22.7. The van der Waals surface area contributed by atoms with Crippen LogP contribution in [0.5, 0.6) is 5.75 Å². The second-order valence-electron chi connectivity index (χ2n) is 8.84. The average molecular weight is 631 g/mol. The summed E-state index contributed by atoms with van der Waals surface area (Å²) in [7, 11) is 0. The van der Waals surface area contributed by atoms with Crippen molar-refractivity contribution in [2.24, 2.45) is 0 Å². The van der Waals surface area contributed by atoms with E-state index in [0.29, 0.717) is 27.9 Å². The van der Waals surface area contributed by atoms with Crippen molar-refractivity contribution < 1.29 is 28.6 Å². The Kier molecular flexibility index (Phi) is 8.95. The zero-order chi connectivity index (χ0) is 27.2.